The van der Waals surface area contributed by atoms with E-state index in [-0.39, 0.29) is 17.8 Å². The fraction of sp³-hybridized carbons (Fsp3) is 0.417. The lowest BCUT2D eigenvalue weighted by molar-refractivity contribution is 0.0763. The molecule has 1 aromatic heterocycles. The van der Waals surface area contributed by atoms with Crippen LogP contribution >= 0.6 is 0 Å². The van der Waals surface area contributed by atoms with Crippen molar-refractivity contribution >= 4 is 11.7 Å². The first-order valence-electron chi connectivity index (χ1n) is 5.64. The molecule has 0 bridgehead atoms. The van der Waals surface area contributed by atoms with E-state index in [0.29, 0.717) is 13.1 Å². The van der Waals surface area contributed by atoms with Gasteiger partial charge in [0.1, 0.15) is 0 Å². The maximum Gasteiger partial charge on any atom is 0.257 e. The van der Waals surface area contributed by atoms with E-state index in [4.69, 9.17) is 5.26 Å². The normalized spacial score (nSPS) is 9.67. The lowest BCUT2D eigenvalue weighted by Crippen LogP contribution is -2.32. The monoisotopic (exact) mass is 250 g/mol. The summed E-state index contributed by atoms with van der Waals surface area (Å²) >= 11 is 0. The smallest absolute Gasteiger partial charge is 0.257 e. The van der Waals surface area contributed by atoms with Crippen molar-refractivity contribution in [1.29, 1.82) is 5.26 Å². The number of carbonyl (C=O) groups is 1. The van der Waals surface area contributed by atoms with E-state index >= 15 is 0 Å². The zero-order valence-corrected chi connectivity index (χ0v) is 10.4. The van der Waals surface area contributed by atoms with Gasteiger partial charge >= 0.3 is 0 Å². The minimum atomic E-state index is -0.666. The van der Waals surface area contributed by atoms with Crippen LogP contribution in [-0.2, 0) is 0 Å². The highest BCUT2D eigenvalue weighted by Gasteiger charge is 2.20. The van der Waals surface area contributed by atoms with Crippen LogP contribution in [-0.4, -0.2) is 35.9 Å². The summed E-state index contributed by atoms with van der Waals surface area (Å²) in [5, 5.41) is 11.1. The van der Waals surface area contributed by atoms with Crippen LogP contribution in [0.25, 0.3) is 0 Å². The number of carbonyl (C=O) groups excluding carboxylic acids is 1. The summed E-state index contributed by atoms with van der Waals surface area (Å²) in [4.78, 5) is 17.3. The molecule has 0 radical (unpaired) electrons. The maximum atomic E-state index is 13.9. The number of nitrogens with zero attached hydrogens (tertiary/aromatic N) is 3. The van der Waals surface area contributed by atoms with E-state index in [2.05, 4.69) is 10.3 Å². The second-order valence-electron chi connectivity index (χ2n) is 3.56. The Labute approximate surface area is 105 Å². The number of anilines is 1. The van der Waals surface area contributed by atoms with Crippen LogP contribution in [0.2, 0.25) is 0 Å². The van der Waals surface area contributed by atoms with Crippen LogP contribution in [0.3, 0.4) is 0 Å². The minimum Gasteiger partial charge on any atom is -0.371 e. The van der Waals surface area contributed by atoms with Crippen LogP contribution in [0.5, 0.6) is 0 Å². The molecule has 0 aliphatic heterocycles. The zero-order valence-electron chi connectivity index (χ0n) is 10.4. The summed E-state index contributed by atoms with van der Waals surface area (Å²) in [6.07, 6.45) is 1.60. The van der Waals surface area contributed by atoms with Gasteiger partial charge in [-0.3, -0.25) is 4.79 Å². The Kier molecular flexibility index (Phi) is 5.06. The topological polar surface area (TPSA) is 69.0 Å². The van der Waals surface area contributed by atoms with Crippen molar-refractivity contribution in [3.8, 4) is 6.07 Å². The van der Waals surface area contributed by atoms with E-state index in [1.165, 1.54) is 24.2 Å². The lowest BCUT2D eigenvalue weighted by Gasteiger charge is -2.20. The molecule has 0 spiro atoms. The third kappa shape index (κ3) is 2.94. The van der Waals surface area contributed by atoms with Crippen molar-refractivity contribution in [2.75, 3.05) is 25.5 Å². The number of hydrogen-bond donors (Lipinski definition) is 1. The summed E-state index contributed by atoms with van der Waals surface area (Å²) in [6.45, 7) is 2.51. The molecular weight excluding hydrogens is 235 g/mol. The van der Waals surface area contributed by atoms with Gasteiger partial charge in [-0.05, 0) is 13.0 Å². The Balaban J connectivity index is 2.99. The second kappa shape index (κ2) is 6.55. The Morgan fingerprint density at radius 3 is 2.94 bits per heavy atom. The maximum absolute atomic E-state index is 13.9. The molecule has 1 aromatic rings. The van der Waals surface area contributed by atoms with Crippen molar-refractivity contribution in [3.63, 3.8) is 0 Å². The molecule has 0 aliphatic rings. The van der Waals surface area contributed by atoms with Crippen molar-refractivity contribution in [2.24, 2.45) is 0 Å². The van der Waals surface area contributed by atoms with E-state index in [0.717, 1.165) is 0 Å². The molecule has 18 heavy (non-hydrogen) atoms. The molecule has 0 unspecified atom stereocenters. The quantitative estimate of drug-likeness (QED) is 0.862. The SMILES string of the molecule is CCN(CCC#N)C(=O)c1ccnc(NC)c1F. The number of hydrogen-bond acceptors (Lipinski definition) is 4. The van der Waals surface area contributed by atoms with Gasteiger partial charge in [0.25, 0.3) is 5.91 Å². The van der Waals surface area contributed by atoms with Crippen molar-refractivity contribution in [2.45, 2.75) is 13.3 Å². The molecule has 1 heterocycles. The standard InChI is InChI=1S/C12H15FN4O/c1-3-17(8-4-6-14)12(18)9-5-7-16-11(15-2)10(9)13/h5,7H,3-4,8H2,1-2H3,(H,15,16). The average molecular weight is 250 g/mol. The first-order valence-corrected chi connectivity index (χ1v) is 5.64. The van der Waals surface area contributed by atoms with Crippen LogP contribution in [0, 0.1) is 17.1 Å². The number of nitriles is 1. The molecule has 0 aliphatic carbocycles. The molecule has 1 N–H and O–H groups in total. The predicted octanol–water partition coefficient (Wildman–Crippen LogP) is 1.64. The van der Waals surface area contributed by atoms with Crippen LogP contribution in [0.15, 0.2) is 12.3 Å². The Morgan fingerprint density at radius 1 is 1.67 bits per heavy atom. The van der Waals surface area contributed by atoms with Gasteiger partial charge in [-0.25, -0.2) is 9.37 Å². The van der Waals surface area contributed by atoms with Gasteiger partial charge in [0, 0.05) is 26.3 Å². The van der Waals surface area contributed by atoms with Crippen molar-refractivity contribution in [3.05, 3.63) is 23.6 Å². The van der Waals surface area contributed by atoms with Crippen molar-refractivity contribution < 1.29 is 9.18 Å². The average Bonchev–Trinajstić information content (AvgIpc) is 2.39. The predicted molar refractivity (Wildman–Crippen MR) is 65.5 cm³/mol. The second-order valence-corrected chi connectivity index (χ2v) is 3.56. The van der Waals surface area contributed by atoms with Gasteiger partial charge in [0.2, 0.25) is 0 Å². The molecule has 0 saturated carbocycles. The number of amides is 1. The highest BCUT2D eigenvalue weighted by atomic mass is 19.1. The van der Waals surface area contributed by atoms with Gasteiger partial charge < -0.3 is 10.2 Å². The van der Waals surface area contributed by atoms with E-state index in [1.807, 2.05) is 6.07 Å². The molecule has 0 fully saturated rings. The fourth-order valence-corrected chi connectivity index (χ4v) is 1.54. The van der Waals surface area contributed by atoms with Gasteiger partial charge in [-0.15, -0.1) is 0 Å². The molecule has 0 atom stereocenters. The largest absolute Gasteiger partial charge is 0.371 e. The third-order valence-corrected chi connectivity index (χ3v) is 2.52. The van der Waals surface area contributed by atoms with E-state index in [1.54, 1.807) is 6.92 Å². The number of halogens is 1. The molecule has 0 saturated heterocycles. The summed E-state index contributed by atoms with van der Waals surface area (Å²) < 4.78 is 13.9. The number of rotatable bonds is 5. The molecule has 0 aromatic carbocycles. The highest BCUT2D eigenvalue weighted by Crippen LogP contribution is 2.16. The number of nitrogens with one attached hydrogen (secondary N) is 1. The summed E-state index contributed by atoms with van der Waals surface area (Å²) in [5.41, 5.74) is -0.0332. The highest BCUT2D eigenvalue weighted by molar-refractivity contribution is 5.95. The van der Waals surface area contributed by atoms with E-state index in [9.17, 15) is 9.18 Å². The first kappa shape index (κ1) is 13.9. The summed E-state index contributed by atoms with van der Waals surface area (Å²) in [5.74, 6) is -1.05. The fourth-order valence-electron chi connectivity index (χ4n) is 1.54. The molecule has 1 amide bonds. The molecule has 5 nitrogen and oxygen atoms in total. The third-order valence-electron chi connectivity index (χ3n) is 2.52. The lowest BCUT2D eigenvalue weighted by atomic mass is 10.2. The van der Waals surface area contributed by atoms with Crippen molar-refractivity contribution in [1.82, 2.24) is 9.88 Å². The number of aromatic nitrogens is 1. The van der Waals surface area contributed by atoms with Gasteiger partial charge in [-0.1, -0.05) is 0 Å². The van der Waals surface area contributed by atoms with Crippen LogP contribution in [0.1, 0.15) is 23.7 Å². The van der Waals surface area contributed by atoms with Gasteiger partial charge in [0.05, 0.1) is 18.1 Å². The Morgan fingerprint density at radius 2 is 2.39 bits per heavy atom. The van der Waals surface area contributed by atoms with Gasteiger partial charge in [0.15, 0.2) is 11.6 Å². The Bertz CT molecular complexity index is 470. The Hall–Kier alpha value is -2.16. The zero-order chi connectivity index (χ0) is 13.5. The number of pyridine rings is 1. The summed E-state index contributed by atoms with van der Waals surface area (Å²) in [6, 6.07) is 3.30. The molecular formula is C12H15FN4O. The minimum absolute atomic E-state index is 0.0332. The van der Waals surface area contributed by atoms with Crippen LogP contribution in [0.4, 0.5) is 10.2 Å². The first-order chi connectivity index (χ1) is 8.65. The summed E-state index contributed by atoms with van der Waals surface area (Å²) in [7, 11) is 1.53. The molecule has 96 valence electrons. The molecule has 1 rings (SSSR count). The van der Waals surface area contributed by atoms with Gasteiger partial charge in [-0.2, -0.15) is 5.26 Å². The molecule has 6 heteroatoms. The van der Waals surface area contributed by atoms with E-state index < -0.39 is 11.7 Å². The van der Waals surface area contributed by atoms with Crippen LogP contribution < -0.4 is 5.32 Å².